The number of nitrogens with zero attached hydrogens (tertiary/aromatic N) is 1. The van der Waals surface area contributed by atoms with Crippen molar-refractivity contribution < 1.29 is 8.78 Å². The van der Waals surface area contributed by atoms with Crippen LogP contribution in [0.25, 0.3) is 0 Å². The first-order valence-corrected chi connectivity index (χ1v) is 5.38. The number of alkyl halides is 1. The molecule has 0 aliphatic carbocycles. The molecule has 14 heavy (non-hydrogen) atoms. The number of halogens is 3. The van der Waals surface area contributed by atoms with E-state index in [-0.39, 0.29) is 10.7 Å². The fourth-order valence-electron chi connectivity index (χ4n) is 1.26. The van der Waals surface area contributed by atoms with Crippen LogP contribution >= 0.6 is 15.9 Å². The summed E-state index contributed by atoms with van der Waals surface area (Å²) < 4.78 is 23.7. The largest absolute Gasteiger partial charge is 0.291 e. The highest BCUT2D eigenvalue weighted by Crippen LogP contribution is 2.20. The van der Waals surface area contributed by atoms with E-state index in [1.165, 1.54) is 0 Å². The van der Waals surface area contributed by atoms with Gasteiger partial charge in [-0.1, -0.05) is 28.9 Å². The summed E-state index contributed by atoms with van der Waals surface area (Å²) in [7, 11) is 0. The monoisotopic (exact) mass is 263 g/mol. The molecule has 1 nitrogen and oxygen atoms in total. The maximum absolute atomic E-state index is 11.8. The van der Waals surface area contributed by atoms with Crippen LogP contribution in [-0.2, 0) is 0 Å². The highest BCUT2D eigenvalue weighted by Gasteiger charge is 2.12. The van der Waals surface area contributed by atoms with Crippen LogP contribution in [0.4, 0.5) is 8.78 Å². The second-order valence-corrected chi connectivity index (χ2v) is 4.48. The topological polar surface area (TPSA) is 12.4 Å². The van der Waals surface area contributed by atoms with Gasteiger partial charge in [0, 0.05) is 6.21 Å². The lowest BCUT2D eigenvalue weighted by Crippen LogP contribution is -2.11. The molecule has 4 heteroatoms. The van der Waals surface area contributed by atoms with E-state index in [1.807, 2.05) is 13.0 Å². The van der Waals surface area contributed by atoms with E-state index in [1.54, 1.807) is 6.21 Å². The summed E-state index contributed by atoms with van der Waals surface area (Å²) in [5.41, 5.74) is 1.02. The molecule has 0 saturated carbocycles. The van der Waals surface area contributed by atoms with Crippen LogP contribution in [0.5, 0.6) is 0 Å². The first-order valence-electron chi connectivity index (χ1n) is 4.46. The second-order valence-electron chi connectivity index (χ2n) is 3.31. The standard InChI is InChI=1S/C10H12BrF2N/c1-7(2-3-10(12)13)8-4-9(11)6-14-5-8/h3-5,7,9H,2,6H2,1H3. The van der Waals surface area contributed by atoms with Crippen molar-refractivity contribution in [3.63, 3.8) is 0 Å². The van der Waals surface area contributed by atoms with Crippen molar-refractivity contribution in [2.75, 3.05) is 6.54 Å². The minimum absolute atomic E-state index is 0.0978. The quantitative estimate of drug-likeness (QED) is 0.691. The lowest BCUT2D eigenvalue weighted by Gasteiger charge is -2.15. The fourth-order valence-corrected chi connectivity index (χ4v) is 1.73. The highest BCUT2D eigenvalue weighted by atomic mass is 79.9. The molecular weight excluding hydrogens is 252 g/mol. The Bertz CT molecular complexity index is 280. The molecule has 0 bridgehead atoms. The first kappa shape index (κ1) is 11.6. The van der Waals surface area contributed by atoms with Gasteiger partial charge in [0.2, 0.25) is 0 Å². The number of allylic oxidation sites excluding steroid dienone is 2. The molecular formula is C10H12BrF2N. The molecule has 1 aliphatic rings. The zero-order valence-electron chi connectivity index (χ0n) is 7.88. The number of hydrogen-bond acceptors (Lipinski definition) is 1. The molecule has 78 valence electrons. The molecule has 1 heterocycles. The molecule has 0 aromatic carbocycles. The van der Waals surface area contributed by atoms with Crippen LogP contribution in [0.1, 0.15) is 13.3 Å². The van der Waals surface area contributed by atoms with Crippen LogP contribution in [0.15, 0.2) is 28.8 Å². The third-order valence-electron chi connectivity index (χ3n) is 2.09. The number of hydrogen-bond donors (Lipinski definition) is 0. The Morgan fingerprint density at radius 1 is 1.79 bits per heavy atom. The third kappa shape index (κ3) is 3.70. The molecule has 0 saturated heterocycles. The molecule has 0 aromatic heterocycles. The van der Waals surface area contributed by atoms with Crippen LogP contribution in [0, 0.1) is 5.92 Å². The van der Waals surface area contributed by atoms with Crippen LogP contribution in [0.3, 0.4) is 0 Å². The lowest BCUT2D eigenvalue weighted by molar-refractivity contribution is 0.415. The van der Waals surface area contributed by atoms with Gasteiger partial charge in [0.05, 0.1) is 11.4 Å². The molecule has 2 atom stereocenters. The van der Waals surface area contributed by atoms with E-state index >= 15 is 0 Å². The van der Waals surface area contributed by atoms with Crippen molar-refractivity contribution in [2.45, 2.75) is 18.2 Å². The Kier molecular flexibility index (Phi) is 4.45. The van der Waals surface area contributed by atoms with E-state index in [2.05, 4.69) is 20.9 Å². The molecule has 1 aliphatic heterocycles. The Morgan fingerprint density at radius 2 is 2.50 bits per heavy atom. The van der Waals surface area contributed by atoms with Crippen molar-refractivity contribution in [1.82, 2.24) is 0 Å². The van der Waals surface area contributed by atoms with Gasteiger partial charge in [-0.2, -0.15) is 8.78 Å². The van der Waals surface area contributed by atoms with Gasteiger partial charge in [0.1, 0.15) is 0 Å². The van der Waals surface area contributed by atoms with Gasteiger partial charge in [0.25, 0.3) is 6.08 Å². The normalized spacial score (nSPS) is 22.9. The summed E-state index contributed by atoms with van der Waals surface area (Å²) in [6, 6.07) is 0. The predicted octanol–water partition coefficient (Wildman–Crippen LogP) is 3.57. The van der Waals surface area contributed by atoms with Crippen molar-refractivity contribution >= 4 is 22.1 Å². The summed E-state index contributed by atoms with van der Waals surface area (Å²) >= 11 is 3.42. The summed E-state index contributed by atoms with van der Waals surface area (Å²) in [6.45, 7) is 2.64. The van der Waals surface area contributed by atoms with E-state index in [0.717, 1.165) is 18.2 Å². The Hall–Kier alpha value is -0.510. The average molecular weight is 264 g/mol. The average Bonchev–Trinajstić information content (AvgIpc) is 2.14. The summed E-state index contributed by atoms with van der Waals surface area (Å²) in [6.07, 6.45) is 3.51. The second kappa shape index (κ2) is 5.39. The van der Waals surface area contributed by atoms with Crippen molar-refractivity contribution in [2.24, 2.45) is 10.9 Å². The number of dihydropyridines is 1. The van der Waals surface area contributed by atoms with Crippen LogP contribution in [-0.4, -0.2) is 17.6 Å². The first-order chi connectivity index (χ1) is 6.59. The minimum Gasteiger partial charge on any atom is -0.291 e. The summed E-state index contributed by atoms with van der Waals surface area (Å²) in [5, 5.41) is 0. The zero-order valence-corrected chi connectivity index (χ0v) is 9.47. The molecule has 0 spiro atoms. The molecule has 0 N–H and O–H groups in total. The highest BCUT2D eigenvalue weighted by molar-refractivity contribution is 9.09. The summed E-state index contributed by atoms with van der Waals surface area (Å²) in [5.74, 6) is 0.0978. The van der Waals surface area contributed by atoms with Crippen LogP contribution in [0.2, 0.25) is 0 Å². The molecule has 0 fully saturated rings. The maximum Gasteiger partial charge on any atom is 0.266 e. The van der Waals surface area contributed by atoms with Gasteiger partial charge in [-0.15, -0.1) is 0 Å². The van der Waals surface area contributed by atoms with Crippen molar-refractivity contribution in [3.8, 4) is 0 Å². The Balaban J connectivity index is 2.56. The smallest absolute Gasteiger partial charge is 0.266 e. The van der Waals surface area contributed by atoms with Gasteiger partial charge in [-0.05, 0) is 24.0 Å². The lowest BCUT2D eigenvalue weighted by atomic mass is 9.96. The molecule has 1 rings (SSSR count). The fraction of sp³-hybridized carbons (Fsp3) is 0.500. The van der Waals surface area contributed by atoms with Crippen molar-refractivity contribution in [1.29, 1.82) is 0 Å². The minimum atomic E-state index is -1.61. The third-order valence-corrected chi connectivity index (χ3v) is 2.64. The van der Waals surface area contributed by atoms with E-state index < -0.39 is 6.08 Å². The SMILES string of the molecule is CC(CC=C(F)F)C1=CC(Br)CN=C1. The van der Waals surface area contributed by atoms with Crippen molar-refractivity contribution in [3.05, 3.63) is 23.8 Å². The van der Waals surface area contributed by atoms with Gasteiger partial charge in [-0.3, -0.25) is 4.99 Å². The summed E-state index contributed by atoms with van der Waals surface area (Å²) in [4.78, 5) is 4.38. The zero-order chi connectivity index (χ0) is 10.6. The molecule has 0 aromatic rings. The van der Waals surface area contributed by atoms with E-state index in [9.17, 15) is 8.78 Å². The Morgan fingerprint density at radius 3 is 3.07 bits per heavy atom. The molecule has 2 unspecified atom stereocenters. The molecule has 0 amide bonds. The van der Waals surface area contributed by atoms with E-state index in [4.69, 9.17) is 0 Å². The van der Waals surface area contributed by atoms with Gasteiger partial charge in [0.15, 0.2) is 0 Å². The van der Waals surface area contributed by atoms with Crippen LogP contribution < -0.4 is 0 Å². The maximum atomic E-state index is 11.8. The van der Waals surface area contributed by atoms with Gasteiger partial charge >= 0.3 is 0 Å². The number of aliphatic imine (C=N–C) groups is 1. The van der Waals surface area contributed by atoms with Gasteiger partial charge in [-0.25, -0.2) is 0 Å². The predicted molar refractivity (Wildman–Crippen MR) is 58.2 cm³/mol. The number of rotatable bonds is 3. The Labute approximate surface area is 90.7 Å². The van der Waals surface area contributed by atoms with Gasteiger partial charge < -0.3 is 0 Å². The van der Waals surface area contributed by atoms with E-state index in [0.29, 0.717) is 6.42 Å². The molecule has 0 radical (unpaired) electrons.